The summed E-state index contributed by atoms with van der Waals surface area (Å²) in [6.45, 7) is 8.81. The Morgan fingerprint density at radius 3 is 1.62 bits per heavy atom. The molecule has 167 valence electrons. The number of hydrogen-bond acceptors (Lipinski definition) is 0. The van der Waals surface area contributed by atoms with Crippen LogP contribution in [0.5, 0.6) is 0 Å². The summed E-state index contributed by atoms with van der Waals surface area (Å²) < 4.78 is 0. The molecule has 0 saturated heterocycles. The van der Waals surface area contributed by atoms with E-state index in [2.05, 4.69) is 88.4 Å². The largest absolute Gasteiger partial charge is 4.00 e. The third-order valence-corrected chi connectivity index (χ3v) is 7.01. The van der Waals surface area contributed by atoms with E-state index >= 15 is 0 Å². The first-order valence-electron chi connectivity index (χ1n) is 10.6. The molecule has 0 aliphatic heterocycles. The third-order valence-electron chi connectivity index (χ3n) is 5.10. The van der Waals surface area contributed by atoms with E-state index in [9.17, 15) is 0 Å². The Morgan fingerprint density at radius 2 is 1.28 bits per heavy atom. The molecule has 0 amide bonds. The first-order valence-corrected chi connectivity index (χ1v) is 11.7. The maximum absolute atomic E-state index is 3.23. The quantitative estimate of drug-likeness (QED) is 0.311. The summed E-state index contributed by atoms with van der Waals surface area (Å²) in [6.07, 6.45) is 8.82. The van der Waals surface area contributed by atoms with Crippen LogP contribution in [0.25, 0.3) is 0 Å². The summed E-state index contributed by atoms with van der Waals surface area (Å²) in [4.78, 5) is 0. The van der Waals surface area contributed by atoms with Crippen molar-refractivity contribution in [1.82, 2.24) is 0 Å². The van der Waals surface area contributed by atoms with Crippen LogP contribution in [0.15, 0.2) is 96.1 Å². The van der Waals surface area contributed by atoms with Gasteiger partial charge in [-0.05, 0) is 13.8 Å². The predicted molar refractivity (Wildman–Crippen MR) is 131 cm³/mol. The van der Waals surface area contributed by atoms with Gasteiger partial charge in [0.05, 0.1) is 0 Å². The van der Waals surface area contributed by atoms with Gasteiger partial charge >= 0.3 is 26.2 Å². The van der Waals surface area contributed by atoms with Crippen molar-refractivity contribution in [3.63, 3.8) is 0 Å². The molecular weight excluding hydrogens is 527 g/mol. The number of halogens is 2. The van der Waals surface area contributed by atoms with Gasteiger partial charge in [-0.25, -0.2) is 18.2 Å². The second-order valence-electron chi connectivity index (χ2n) is 7.18. The number of allylic oxidation sites excluding steroid dienone is 4. The van der Waals surface area contributed by atoms with E-state index in [-0.39, 0.29) is 60.5 Å². The maximum Gasteiger partial charge on any atom is 4.00 e. The van der Waals surface area contributed by atoms with Crippen LogP contribution in [-0.4, -0.2) is 9.52 Å². The molecule has 0 unspecified atom stereocenters. The summed E-state index contributed by atoms with van der Waals surface area (Å²) >= 11 is 0. The molecule has 0 saturated carbocycles. The van der Waals surface area contributed by atoms with E-state index in [0.717, 1.165) is 6.42 Å². The number of benzene rings is 2. The molecule has 0 N–H and O–H groups in total. The molecule has 3 aromatic carbocycles. The zero-order chi connectivity index (χ0) is 20.9. The van der Waals surface area contributed by atoms with Crippen molar-refractivity contribution in [3.8, 4) is 0 Å². The van der Waals surface area contributed by atoms with Gasteiger partial charge in [0.1, 0.15) is 9.52 Å². The molecule has 0 bridgehead atoms. The molecule has 0 spiro atoms. The fourth-order valence-electron chi connectivity index (χ4n) is 3.20. The summed E-state index contributed by atoms with van der Waals surface area (Å²) in [5, 5.41) is 3.01. The first-order chi connectivity index (χ1) is 14.2. The van der Waals surface area contributed by atoms with Gasteiger partial charge in [-0.2, -0.15) is 29.3 Å². The van der Waals surface area contributed by atoms with Crippen molar-refractivity contribution in [2.75, 3.05) is 0 Å². The van der Waals surface area contributed by atoms with Crippen LogP contribution in [0.4, 0.5) is 0 Å². The Kier molecular flexibility index (Phi) is 20.1. The predicted octanol–water partition coefficient (Wildman–Crippen LogP) is -0.0322. The molecule has 3 aromatic rings. The molecule has 0 aromatic heterocycles. The van der Waals surface area contributed by atoms with E-state index in [1.807, 2.05) is 30.3 Å². The van der Waals surface area contributed by atoms with Gasteiger partial charge in [-0.1, -0.05) is 96.7 Å². The van der Waals surface area contributed by atoms with Crippen LogP contribution in [0.2, 0.25) is 0 Å². The van der Waals surface area contributed by atoms with Gasteiger partial charge in [0.15, 0.2) is 0 Å². The monoisotopic (exact) mass is 557 g/mol. The number of aryl methyl sites for hydroxylation is 2. The molecule has 32 heavy (non-hydrogen) atoms. The average Bonchev–Trinajstić information content (AvgIpc) is 3.46. The molecule has 0 heterocycles. The van der Waals surface area contributed by atoms with Crippen LogP contribution in [0, 0.1) is 19.9 Å². The zero-order valence-electron chi connectivity index (χ0n) is 19.5. The average molecular weight is 560 g/mol. The topological polar surface area (TPSA) is 0 Å². The fourth-order valence-corrected chi connectivity index (χ4v) is 4.60. The van der Waals surface area contributed by atoms with Crippen LogP contribution in [0.1, 0.15) is 44.2 Å². The SMILES string of the molecule is CCC1=C(CC)C[C-]=C1.Cc1ccccc1[SiH]c1ccccc1C.[Cl-].[Cl-].[Zr+4].c1cc[cH-]c1. The molecule has 0 atom stereocenters. The van der Waals surface area contributed by atoms with Crippen molar-refractivity contribution >= 4 is 19.9 Å². The van der Waals surface area contributed by atoms with E-state index in [4.69, 9.17) is 0 Å². The smallest absolute Gasteiger partial charge is 1.00 e. The van der Waals surface area contributed by atoms with E-state index in [0.29, 0.717) is 0 Å². The van der Waals surface area contributed by atoms with Crippen molar-refractivity contribution in [3.05, 3.63) is 113 Å². The van der Waals surface area contributed by atoms with Crippen LogP contribution < -0.4 is 35.2 Å². The first kappa shape index (κ1) is 33.1. The second kappa shape index (κ2) is 19.4. The summed E-state index contributed by atoms with van der Waals surface area (Å²) in [5.41, 5.74) is 5.92. The minimum Gasteiger partial charge on any atom is -1.00 e. The Balaban J connectivity index is 0. The minimum atomic E-state index is 0. The van der Waals surface area contributed by atoms with Crippen molar-refractivity contribution in [2.45, 2.75) is 47.0 Å². The summed E-state index contributed by atoms with van der Waals surface area (Å²) in [5.74, 6) is 0. The standard InChI is InChI=1S/C14H15Si.C9H13.C5H5.2ClH.Zr/c1-11-7-3-5-9-13(11)15-14-10-6-4-8-12(14)2;1-3-8-6-5-7-9(8)4-2;1-2-4-5-3-1;;;/h3-10,15H,1-2H3;6H,3-4,7H2,1-2H3;1-5H;2*1H;/q;2*-1;;;+4/p-2. The Labute approximate surface area is 229 Å². The number of hydrogen-bond donors (Lipinski definition) is 0. The fraction of sp³-hybridized carbons (Fsp3) is 0.250. The van der Waals surface area contributed by atoms with Crippen LogP contribution >= 0.6 is 0 Å². The zero-order valence-corrected chi connectivity index (χ0v) is 24.7. The van der Waals surface area contributed by atoms with Crippen molar-refractivity contribution in [2.24, 2.45) is 0 Å². The molecule has 4 rings (SSSR count). The summed E-state index contributed by atoms with van der Waals surface area (Å²) in [6, 6.07) is 27.4. The Bertz CT molecular complexity index is 854. The number of rotatable bonds is 4. The van der Waals surface area contributed by atoms with Gasteiger partial charge in [-0.3, -0.25) is 6.08 Å². The van der Waals surface area contributed by atoms with E-state index < -0.39 is 0 Å². The Morgan fingerprint density at radius 1 is 0.781 bits per heavy atom. The van der Waals surface area contributed by atoms with Gasteiger partial charge in [-0.15, -0.1) is 6.42 Å². The van der Waals surface area contributed by atoms with Gasteiger partial charge in [0.2, 0.25) is 0 Å². The molecule has 4 heteroatoms. The summed E-state index contributed by atoms with van der Waals surface area (Å²) in [7, 11) is 0.241. The normalized spacial score (nSPS) is 11.0. The minimum absolute atomic E-state index is 0. The van der Waals surface area contributed by atoms with E-state index in [1.54, 1.807) is 5.57 Å². The van der Waals surface area contributed by atoms with Gasteiger partial charge in [0.25, 0.3) is 0 Å². The van der Waals surface area contributed by atoms with Crippen molar-refractivity contribution in [1.29, 1.82) is 0 Å². The maximum atomic E-state index is 3.23. The van der Waals surface area contributed by atoms with Crippen LogP contribution in [0.3, 0.4) is 0 Å². The Hall–Kier alpha value is -1.05. The van der Waals surface area contributed by atoms with Gasteiger partial charge in [0, 0.05) is 0 Å². The van der Waals surface area contributed by atoms with Gasteiger partial charge < -0.3 is 24.8 Å². The molecule has 1 aliphatic carbocycles. The van der Waals surface area contributed by atoms with Crippen LogP contribution in [-0.2, 0) is 26.2 Å². The third kappa shape index (κ3) is 11.7. The molecule has 1 aliphatic rings. The molecule has 0 fully saturated rings. The van der Waals surface area contributed by atoms with E-state index in [1.165, 1.54) is 39.9 Å². The molecule has 1 radical (unpaired) electrons. The van der Waals surface area contributed by atoms with Crippen molar-refractivity contribution < 1.29 is 51.0 Å². The second-order valence-corrected chi connectivity index (χ2v) is 8.71. The molecule has 0 nitrogen and oxygen atoms in total. The molecular formula is C28H33Cl2SiZr.